The Labute approximate surface area is 120 Å². The molecule has 0 amide bonds. The van der Waals surface area contributed by atoms with Crippen LogP contribution in [0, 0.1) is 0 Å². The summed E-state index contributed by atoms with van der Waals surface area (Å²) < 4.78 is 5.74. The van der Waals surface area contributed by atoms with Gasteiger partial charge in [0.15, 0.2) is 0 Å². The molecule has 0 aliphatic carbocycles. The van der Waals surface area contributed by atoms with Crippen molar-refractivity contribution in [3.63, 3.8) is 0 Å². The minimum Gasteiger partial charge on any atom is -0.494 e. The van der Waals surface area contributed by atoms with Gasteiger partial charge in [0.05, 0.1) is 18.8 Å². The second-order valence-corrected chi connectivity index (χ2v) is 4.53. The van der Waals surface area contributed by atoms with Crippen LogP contribution >= 0.6 is 0 Å². The molecule has 2 rings (SSSR count). The van der Waals surface area contributed by atoms with Crippen LogP contribution in [0.4, 0.5) is 0 Å². The summed E-state index contributed by atoms with van der Waals surface area (Å²) in [6, 6.07) is 10.2. The molecule has 4 heteroatoms. The lowest BCUT2D eigenvalue weighted by Gasteiger charge is -2.21. The van der Waals surface area contributed by atoms with E-state index in [1.807, 2.05) is 31.2 Å². The fourth-order valence-corrected chi connectivity index (χ4v) is 2.17. The zero-order valence-corrected chi connectivity index (χ0v) is 12.0. The smallest absolute Gasteiger partial charge is 0.124 e. The quantitative estimate of drug-likeness (QED) is 0.841. The molecule has 0 fully saturated rings. The maximum Gasteiger partial charge on any atom is 0.124 e. The van der Waals surface area contributed by atoms with E-state index in [2.05, 4.69) is 28.5 Å². The average molecular weight is 271 g/mol. The normalized spacial score (nSPS) is 12.1. The molecule has 1 aromatic carbocycles. The number of para-hydroxylation sites is 1. The second kappa shape index (κ2) is 7.60. The van der Waals surface area contributed by atoms with Crippen LogP contribution < -0.4 is 10.1 Å². The third kappa shape index (κ3) is 3.54. The summed E-state index contributed by atoms with van der Waals surface area (Å²) in [4.78, 5) is 0. The van der Waals surface area contributed by atoms with Crippen LogP contribution in [0.2, 0.25) is 0 Å². The van der Waals surface area contributed by atoms with E-state index in [0.717, 1.165) is 29.8 Å². The lowest BCUT2D eigenvalue weighted by atomic mass is 9.99. The average Bonchev–Trinajstić information content (AvgIpc) is 2.50. The first-order valence-electron chi connectivity index (χ1n) is 7.08. The van der Waals surface area contributed by atoms with Gasteiger partial charge in [-0.2, -0.15) is 10.2 Å². The predicted octanol–water partition coefficient (Wildman–Crippen LogP) is 2.96. The summed E-state index contributed by atoms with van der Waals surface area (Å²) >= 11 is 0. The summed E-state index contributed by atoms with van der Waals surface area (Å²) in [7, 11) is 0. The number of benzene rings is 1. The maximum absolute atomic E-state index is 5.74. The van der Waals surface area contributed by atoms with E-state index in [9.17, 15) is 0 Å². The summed E-state index contributed by atoms with van der Waals surface area (Å²) in [5.74, 6) is 0.917. The Hall–Kier alpha value is -1.94. The van der Waals surface area contributed by atoms with Crippen molar-refractivity contribution in [3.05, 3.63) is 53.9 Å². The van der Waals surface area contributed by atoms with Crippen molar-refractivity contribution in [2.75, 3.05) is 13.2 Å². The summed E-state index contributed by atoms with van der Waals surface area (Å²) in [6.07, 6.45) is 4.60. The van der Waals surface area contributed by atoms with Crippen molar-refractivity contribution < 1.29 is 4.74 Å². The largest absolute Gasteiger partial charge is 0.494 e. The zero-order chi connectivity index (χ0) is 14.2. The number of aromatic nitrogens is 2. The van der Waals surface area contributed by atoms with E-state index in [0.29, 0.717) is 6.61 Å². The number of rotatable bonds is 7. The van der Waals surface area contributed by atoms with Crippen LogP contribution in [0.15, 0.2) is 42.7 Å². The molecule has 0 aliphatic rings. The van der Waals surface area contributed by atoms with Crippen LogP contribution in [0.1, 0.15) is 37.4 Å². The minimum atomic E-state index is 0.0770. The van der Waals surface area contributed by atoms with E-state index in [4.69, 9.17) is 4.74 Å². The highest BCUT2D eigenvalue weighted by Crippen LogP contribution is 2.29. The van der Waals surface area contributed by atoms with E-state index in [-0.39, 0.29) is 6.04 Å². The van der Waals surface area contributed by atoms with Crippen molar-refractivity contribution in [3.8, 4) is 5.75 Å². The Balaban J connectivity index is 2.36. The van der Waals surface area contributed by atoms with Gasteiger partial charge >= 0.3 is 0 Å². The Kier molecular flexibility index (Phi) is 5.50. The Morgan fingerprint density at radius 3 is 2.70 bits per heavy atom. The first kappa shape index (κ1) is 14.5. The van der Waals surface area contributed by atoms with Gasteiger partial charge in [-0.05, 0) is 37.6 Å². The Morgan fingerprint density at radius 1 is 1.15 bits per heavy atom. The van der Waals surface area contributed by atoms with Gasteiger partial charge in [-0.25, -0.2) is 0 Å². The highest BCUT2D eigenvalue weighted by atomic mass is 16.5. The molecule has 2 aromatic rings. The molecule has 0 radical (unpaired) electrons. The molecule has 20 heavy (non-hydrogen) atoms. The Bertz CT molecular complexity index is 516. The molecule has 4 nitrogen and oxygen atoms in total. The van der Waals surface area contributed by atoms with Gasteiger partial charge in [0.25, 0.3) is 0 Å². The molecular formula is C16H21N3O. The predicted molar refractivity (Wildman–Crippen MR) is 79.8 cm³/mol. The van der Waals surface area contributed by atoms with Gasteiger partial charge in [0.2, 0.25) is 0 Å². The summed E-state index contributed by atoms with van der Waals surface area (Å²) in [5.41, 5.74) is 2.23. The lowest BCUT2D eigenvalue weighted by Crippen LogP contribution is -2.24. The van der Waals surface area contributed by atoms with Crippen molar-refractivity contribution in [1.29, 1.82) is 0 Å². The van der Waals surface area contributed by atoms with Crippen molar-refractivity contribution in [1.82, 2.24) is 15.5 Å². The van der Waals surface area contributed by atoms with Gasteiger partial charge in [0, 0.05) is 11.8 Å². The third-order valence-corrected chi connectivity index (χ3v) is 3.07. The van der Waals surface area contributed by atoms with Gasteiger partial charge in [-0.3, -0.25) is 0 Å². The van der Waals surface area contributed by atoms with Gasteiger partial charge in [0.1, 0.15) is 5.75 Å². The van der Waals surface area contributed by atoms with Gasteiger partial charge in [-0.15, -0.1) is 0 Å². The van der Waals surface area contributed by atoms with Crippen LogP contribution in [-0.2, 0) is 0 Å². The standard InChI is InChI=1S/C16H21N3O/c1-3-10-17-16(13-9-11-18-19-12-13)14-7-5-6-8-15(14)20-4-2/h5-9,11-12,16-17H,3-4,10H2,1-2H3. The fourth-order valence-electron chi connectivity index (χ4n) is 2.17. The Morgan fingerprint density at radius 2 is 2.00 bits per heavy atom. The number of hydrogen-bond donors (Lipinski definition) is 1. The van der Waals surface area contributed by atoms with Crippen LogP contribution in [0.25, 0.3) is 0 Å². The third-order valence-electron chi connectivity index (χ3n) is 3.07. The number of nitrogens with zero attached hydrogens (tertiary/aromatic N) is 2. The SMILES string of the molecule is CCCNC(c1ccnnc1)c1ccccc1OCC. The second-order valence-electron chi connectivity index (χ2n) is 4.53. The van der Waals surface area contributed by atoms with Crippen LogP contribution in [0.3, 0.4) is 0 Å². The first-order valence-corrected chi connectivity index (χ1v) is 7.08. The van der Waals surface area contributed by atoms with E-state index < -0.39 is 0 Å². The zero-order valence-electron chi connectivity index (χ0n) is 12.0. The number of ether oxygens (including phenoxy) is 1. The molecule has 0 bridgehead atoms. The molecule has 0 aliphatic heterocycles. The van der Waals surface area contributed by atoms with Gasteiger partial charge in [-0.1, -0.05) is 25.1 Å². The highest BCUT2D eigenvalue weighted by molar-refractivity contribution is 5.40. The molecule has 0 spiro atoms. The number of nitrogens with one attached hydrogen (secondary N) is 1. The van der Waals surface area contributed by atoms with Crippen molar-refractivity contribution >= 4 is 0 Å². The van der Waals surface area contributed by atoms with E-state index in [1.165, 1.54) is 0 Å². The molecule has 1 unspecified atom stereocenters. The minimum absolute atomic E-state index is 0.0770. The topological polar surface area (TPSA) is 47.0 Å². The van der Waals surface area contributed by atoms with Crippen LogP contribution in [0.5, 0.6) is 5.75 Å². The number of hydrogen-bond acceptors (Lipinski definition) is 4. The molecule has 0 saturated carbocycles. The maximum atomic E-state index is 5.74. The molecule has 1 aromatic heterocycles. The molecule has 1 atom stereocenters. The van der Waals surface area contributed by atoms with E-state index >= 15 is 0 Å². The van der Waals surface area contributed by atoms with Crippen molar-refractivity contribution in [2.45, 2.75) is 26.3 Å². The monoisotopic (exact) mass is 271 g/mol. The molecule has 1 N–H and O–H groups in total. The first-order chi connectivity index (χ1) is 9.86. The lowest BCUT2D eigenvalue weighted by molar-refractivity contribution is 0.333. The molecule has 106 valence electrons. The van der Waals surface area contributed by atoms with Crippen LogP contribution in [-0.4, -0.2) is 23.3 Å². The fraction of sp³-hybridized carbons (Fsp3) is 0.375. The highest BCUT2D eigenvalue weighted by Gasteiger charge is 2.17. The molecule has 0 saturated heterocycles. The molecule has 1 heterocycles. The van der Waals surface area contributed by atoms with Gasteiger partial charge < -0.3 is 10.1 Å². The van der Waals surface area contributed by atoms with E-state index in [1.54, 1.807) is 12.4 Å². The summed E-state index contributed by atoms with van der Waals surface area (Å²) in [6.45, 7) is 5.75. The summed E-state index contributed by atoms with van der Waals surface area (Å²) in [5, 5.41) is 11.4. The van der Waals surface area contributed by atoms with Crippen molar-refractivity contribution in [2.24, 2.45) is 0 Å². The molecular weight excluding hydrogens is 250 g/mol.